The average Bonchev–Trinajstić information content (AvgIpc) is 2.67. The summed E-state index contributed by atoms with van der Waals surface area (Å²) in [6, 6.07) is 5.99. The van der Waals surface area contributed by atoms with E-state index >= 15 is 0 Å². The van der Waals surface area contributed by atoms with Gasteiger partial charge in [0.25, 0.3) is 0 Å². The van der Waals surface area contributed by atoms with Crippen LogP contribution in [0.3, 0.4) is 0 Å². The van der Waals surface area contributed by atoms with E-state index in [1.807, 2.05) is 43.5 Å². The summed E-state index contributed by atoms with van der Waals surface area (Å²) in [6.07, 6.45) is 0.138. The summed E-state index contributed by atoms with van der Waals surface area (Å²) < 4.78 is 13.9. The molecule has 0 unspecified atom stereocenters. The Hall–Kier alpha value is -1.33. The smallest absolute Gasteiger partial charge is 0.178 e. The first-order valence-corrected chi connectivity index (χ1v) is 7.00. The topological polar surface area (TPSA) is 39.2 Å². The molecule has 0 aliphatic rings. The molecule has 0 aliphatic carbocycles. The molecule has 0 radical (unpaired) electrons. The van der Waals surface area contributed by atoms with Crippen molar-refractivity contribution in [1.29, 1.82) is 0 Å². The van der Waals surface area contributed by atoms with Gasteiger partial charge in [-0.25, -0.2) is 0 Å². The summed E-state index contributed by atoms with van der Waals surface area (Å²) in [6.45, 7) is 8.14. The molecule has 1 N–H and O–H groups in total. The SMILES string of the molecule is CCOCCn1c(=S)[nH]c2c(OC(C)C)cccc21. The highest BCUT2D eigenvalue weighted by Crippen LogP contribution is 2.25. The molecule has 0 aliphatic heterocycles. The Bertz CT molecular complexity index is 601. The number of benzene rings is 1. The minimum Gasteiger partial charge on any atom is -0.489 e. The predicted octanol–water partition coefficient (Wildman–Crippen LogP) is 3.52. The molecule has 19 heavy (non-hydrogen) atoms. The molecule has 1 heterocycles. The lowest BCUT2D eigenvalue weighted by molar-refractivity contribution is 0.139. The Morgan fingerprint density at radius 1 is 1.37 bits per heavy atom. The number of aromatic amines is 1. The van der Waals surface area contributed by atoms with E-state index in [1.54, 1.807) is 0 Å². The van der Waals surface area contributed by atoms with E-state index < -0.39 is 0 Å². The lowest BCUT2D eigenvalue weighted by atomic mass is 10.3. The molecule has 0 bridgehead atoms. The van der Waals surface area contributed by atoms with E-state index in [2.05, 4.69) is 4.98 Å². The van der Waals surface area contributed by atoms with Crippen LogP contribution in [0.4, 0.5) is 0 Å². The van der Waals surface area contributed by atoms with Crippen molar-refractivity contribution >= 4 is 23.3 Å². The van der Waals surface area contributed by atoms with Crippen molar-refractivity contribution < 1.29 is 9.47 Å². The number of imidazole rings is 1. The number of H-pyrrole nitrogens is 1. The van der Waals surface area contributed by atoms with Crippen LogP contribution in [-0.4, -0.2) is 28.9 Å². The number of hydrogen-bond acceptors (Lipinski definition) is 3. The number of ether oxygens (including phenoxy) is 2. The van der Waals surface area contributed by atoms with Gasteiger partial charge < -0.3 is 19.0 Å². The van der Waals surface area contributed by atoms with Crippen molar-refractivity contribution in [1.82, 2.24) is 9.55 Å². The molecule has 2 aromatic rings. The fraction of sp³-hybridized carbons (Fsp3) is 0.500. The number of hydrogen-bond donors (Lipinski definition) is 1. The number of aromatic nitrogens is 2. The van der Waals surface area contributed by atoms with E-state index in [4.69, 9.17) is 21.7 Å². The van der Waals surface area contributed by atoms with Crippen LogP contribution in [0.25, 0.3) is 11.0 Å². The first kappa shape index (κ1) is 14.1. The van der Waals surface area contributed by atoms with E-state index in [-0.39, 0.29) is 6.10 Å². The molecular weight excluding hydrogens is 260 g/mol. The quantitative estimate of drug-likeness (QED) is 0.650. The van der Waals surface area contributed by atoms with Crippen LogP contribution in [0.1, 0.15) is 20.8 Å². The van der Waals surface area contributed by atoms with Gasteiger partial charge in [-0.2, -0.15) is 0 Å². The van der Waals surface area contributed by atoms with Gasteiger partial charge >= 0.3 is 0 Å². The van der Waals surface area contributed by atoms with Gasteiger partial charge in [0.1, 0.15) is 11.3 Å². The zero-order valence-corrected chi connectivity index (χ0v) is 12.4. The highest BCUT2D eigenvalue weighted by molar-refractivity contribution is 7.71. The van der Waals surface area contributed by atoms with Gasteiger partial charge in [0, 0.05) is 13.2 Å². The highest BCUT2D eigenvalue weighted by atomic mass is 32.1. The van der Waals surface area contributed by atoms with Crippen LogP contribution in [0.2, 0.25) is 0 Å². The first-order valence-electron chi connectivity index (χ1n) is 6.59. The van der Waals surface area contributed by atoms with E-state index in [1.165, 1.54) is 0 Å². The molecule has 0 spiro atoms. The Morgan fingerprint density at radius 3 is 2.84 bits per heavy atom. The molecule has 4 nitrogen and oxygen atoms in total. The zero-order chi connectivity index (χ0) is 13.8. The first-order chi connectivity index (χ1) is 9.13. The van der Waals surface area contributed by atoms with Crippen LogP contribution in [0.5, 0.6) is 5.75 Å². The maximum absolute atomic E-state index is 5.80. The minimum atomic E-state index is 0.138. The molecule has 0 atom stereocenters. The molecular formula is C14H20N2O2S. The Kier molecular flexibility index (Phi) is 4.61. The van der Waals surface area contributed by atoms with Gasteiger partial charge in [0.15, 0.2) is 4.77 Å². The number of nitrogens with zero attached hydrogens (tertiary/aromatic N) is 1. The van der Waals surface area contributed by atoms with Crippen LogP contribution in [0.15, 0.2) is 18.2 Å². The van der Waals surface area contributed by atoms with Crippen LogP contribution in [-0.2, 0) is 11.3 Å². The standard InChI is InChI=1S/C14H20N2O2S/c1-4-17-9-8-16-11-6-5-7-12(18-10(2)3)13(11)15-14(16)19/h5-7,10H,4,8-9H2,1-3H3,(H,15,19). The Balaban J connectivity index is 2.38. The molecule has 104 valence electrons. The second-order valence-corrected chi connectivity index (χ2v) is 4.98. The van der Waals surface area contributed by atoms with Crippen molar-refractivity contribution in [2.45, 2.75) is 33.4 Å². The molecule has 0 saturated carbocycles. The van der Waals surface area contributed by atoms with Gasteiger partial charge in [-0.3, -0.25) is 0 Å². The van der Waals surface area contributed by atoms with E-state index in [0.29, 0.717) is 11.4 Å². The van der Waals surface area contributed by atoms with Gasteiger partial charge in [-0.15, -0.1) is 0 Å². The van der Waals surface area contributed by atoms with Crippen molar-refractivity contribution in [2.75, 3.05) is 13.2 Å². The normalized spacial score (nSPS) is 11.4. The third-order valence-corrected chi connectivity index (χ3v) is 3.12. The monoisotopic (exact) mass is 280 g/mol. The molecule has 0 fully saturated rings. The fourth-order valence-corrected chi connectivity index (χ4v) is 2.32. The Morgan fingerprint density at radius 2 is 2.16 bits per heavy atom. The molecule has 1 aromatic carbocycles. The number of para-hydroxylation sites is 1. The van der Waals surface area contributed by atoms with Gasteiger partial charge in [0.05, 0.1) is 18.2 Å². The van der Waals surface area contributed by atoms with Crippen LogP contribution < -0.4 is 4.74 Å². The fourth-order valence-electron chi connectivity index (χ4n) is 2.03. The molecule has 1 aromatic heterocycles. The van der Waals surface area contributed by atoms with Crippen molar-refractivity contribution in [2.24, 2.45) is 0 Å². The highest BCUT2D eigenvalue weighted by Gasteiger charge is 2.10. The van der Waals surface area contributed by atoms with E-state index in [0.717, 1.165) is 29.9 Å². The largest absolute Gasteiger partial charge is 0.489 e. The van der Waals surface area contributed by atoms with Gasteiger partial charge in [-0.05, 0) is 45.1 Å². The van der Waals surface area contributed by atoms with Gasteiger partial charge in [0.2, 0.25) is 0 Å². The molecule has 2 rings (SSSR count). The summed E-state index contributed by atoms with van der Waals surface area (Å²) in [5.41, 5.74) is 2.01. The summed E-state index contributed by atoms with van der Waals surface area (Å²) in [5.74, 6) is 0.841. The van der Waals surface area contributed by atoms with Crippen LogP contribution in [0, 0.1) is 4.77 Å². The summed E-state index contributed by atoms with van der Waals surface area (Å²) >= 11 is 5.37. The summed E-state index contributed by atoms with van der Waals surface area (Å²) in [7, 11) is 0. The third-order valence-electron chi connectivity index (χ3n) is 2.80. The Labute approximate surface area is 118 Å². The summed E-state index contributed by atoms with van der Waals surface area (Å²) in [5, 5.41) is 0. The maximum Gasteiger partial charge on any atom is 0.178 e. The predicted molar refractivity (Wildman–Crippen MR) is 79.4 cm³/mol. The average molecular weight is 280 g/mol. The molecule has 0 saturated heterocycles. The summed E-state index contributed by atoms with van der Waals surface area (Å²) in [4.78, 5) is 3.23. The van der Waals surface area contributed by atoms with Crippen molar-refractivity contribution in [3.8, 4) is 5.75 Å². The minimum absolute atomic E-state index is 0.138. The van der Waals surface area contributed by atoms with Crippen molar-refractivity contribution in [3.05, 3.63) is 23.0 Å². The lowest BCUT2D eigenvalue weighted by Crippen LogP contribution is -2.07. The second kappa shape index (κ2) is 6.21. The molecule has 5 heteroatoms. The van der Waals surface area contributed by atoms with E-state index in [9.17, 15) is 0 Å². The molecule has 0 amide bonds. The van der Waals surface area contributed by atoms with Gasteiger partial charge in [-0.1, -0.05) is 6.07 Å². The third kappa shape index (κ3) is 3.16. The van der Waals surface area contributed by atoms with Crippen molar-refractivity contribution in [3.63, 3.8) is 0 Å². The zero-order valence-electron chi connectivity index (χ0n) is 11.6. The number of nitrogens with one attached hydrogen (secondary N) is 1. The van der Waals surface area contributed by atoms with Crippen LogP contribution >= 0.6 is 12.2 Å². The second-order valence-electron chi connectivity index (χ2n) is 4.60. The lowest BCUT2D eigenvalue weighted by Gasteiger charge is -2.10. The maximum atomic E-state index is 5.80. The number of fused-ring (bicyclic) bond motifs is 1. The number of rotatable bonds is 6.